The number of carbonyl (C=O) groups is 2. The Morgan fingerprint density at radius 2 is 1.81 bits per heavy atom. The Morgan fingerprint density at radius 1 is 1.19 bits per heavy atom. The lowest BCUT2D eigenvalue weighted by molar-refractivity contribution is -0.139. The van der Waals surface area contributed by atoms with E-state index in [9.17, 15) is 9.59 Å². The number of hydrogen-bond donors (Lipinski definition) is 2. The van der Waals surface area contributed by atoms with Crippen molar-refractivity contribution >= 4 is 23.4 Å². The molecule has 0 aliphatic rings. The van der Waals surface area contributed by atoms with Crippen molar-refractivity contribution < 1.29 is 9.59 Å². The third-order valence-corrected chi connectivity index (χ3v) is 1.98. The minimum absolute atomic E-state index is 0.281. The fourth-order valence-corrected chi connectivity index (χ4v) is 1.10. The Bertz CT molecular complexity index is 356. The highest BCUT2D eigenvalue weighted by atomic mass is 35.5. The summed E-state index contributed by atoms with van der Waals surface area (Å²) in [6.45, 7) is 0.582. The second-order valence-electron chi connectivity index (χ2n) is 2.98. The smallest absolute Gasteiger partial charge is 0.309 e. The molecule has 0 bridgehead atoms. The van der Waals surface area contributed by atoms with Gasteiger partial charge in [0.1, 0.15) is 0 Å². The summed E-state index contributed by atoms with van der Waals surface area (Å²) in [6.07, 6.45) is 3.24. The highest BCUT2D eigenvalue weighted by Gasteiger charge is 2.11. The van der Waals surface area contributed by atoms with Crippen LogP contribution in [0.1, 0.15) is 5.56 Å². The maximum Gasteiger partial charge on any atom is 0.309 e. The zero-order chi connectivity index (χ0) is 11.8. The van der Waals surface area contributed by atoms with E-state index < -0.39 is 11.8 Å². The zero-order valence-corrected chi connectivity index (χ0v) is 9.33. The van der Waals surface area contributed by atoms with Gasteiger partial charge < -0.3 is 10.6 Å². The molecule has 1 aromatic rings. The molecule has 86 valence electrons. The highest BCUT2D eigenvalue weighted by Crippen LogP contribution is 1.94. The SMILES string of the molecule is O=C(NCCCl)C(=O)NCc1ccncc1. The quantitative estimate of drug-likeness (QED) is 0.578. The summed E-state index contributed by atoms with van der Waals surface area (Å²) in [5.41, 5.74) is 0.883. The average molecular weight is 242 g/mol. The molecule has 0 aliphatic carbocycles. The Morgan fingerprint density at radius 3 is 2.44 bits per heavy atom. The molecule has 0 fully saturated rings. The lowest BCUT2D eigenvalue weighted by Crippen LogP contribution is -2.40. The van der Waals surface area contributed by atoms with Gasteiger partial charge in [-0.15, -0.1) is 11.6 Å². The molecule has 0 aromatic carbocycles. The third-order valence-electron chi connectivity index (χ3n) is 1.79. The first-order chi connectivity index (χ1) is 7.74. The molecule has 0 saturated carbocycles. The number of carbonyl (C=O) groups excluding carboxylic acids is 2. The van der Waals surface area contributed by atoms with Crippen molar-refractivity contribution in [2.75, 3.05) is 12.4 Å². The van der Waals surface area contributed by atoms with Gasteiger partial charge >= 0.3 is 11.8 Å². The van der Waals surface area contributed by atoms with Gasteiger partial charge in [-0.05, 0) is 17.7 Å². The van der Waals surface area contributed by atoms with Gasteiger partial charge in [-0.25, -0.2) is 0 Å². The number of aromatic nitrogens is 1. The zero-order valence-electron chi connectivity index (χ0n) is 8.57. The van der Waals surface area contributed by atoms with E-state index in [4.69, 9.17) is 11.6 Å². The standard InChI is InChI=1S/C10H12ClN3O2/c11-3-6-13-9(15)10(16)14-7-8-1-4-12-5-2-8/h1-2,4-5H,3,6-7H2,(H,13,15)(H,14,16). The minimum Gasteiger partial charge on any atom is -0.347 e. The molecule has 1 rings (SSSR count). The first-order valence-electron chi connectivity index (χ1n) is 4.75. The van der Waals surface area contributed by atoms with Crippen LogP contribution < -0.4 is 10.6 Å². The summed E-state index contributed by atoms with van der Waals surface area (Å²) in [6, 6.07) is 3.52. The van der Waals surface area contributed by atoms with Gasteiger partial charge in [-0.3, -0.25) is 14.6 Å². The van der Waals surface area contributed by atoms with Crippen LogP contribution in [0, 0.1) is 0 Å². The van der Waals surface area contributed by atoms with Gasteiger partial charge in [-0.1, -0.05) is 0 Å². The number of hydrogen-bond acceptors (Lipinski definition) is 3. The van der Waals surface area contributed by atoms with Crippen LogP contribution in [-0.2, 0) is 16.1 Å². The van der Waals surface area contributed by atoms with Crippen molar-refractivity contribution in [3.63, 3.8) is 0 Å². The molecule has 1 heterocycles. The van der Waals surface area contributed by atoms with E-state index in [-0.39, 0.29) is 12.4 Å². The lowest BCUT2D eigenvalue weighted by atomic mass is 10.3. The van der Waals surface area contributed by atoms with Crippen molar-refractivity contribution in [3.8, 4) is 0 Å². The predicted octanol–water partition coefficient (Wildman–Crippen LogP) is 0.0528. The summed E-state index contributed by atoms with van der Waals surface area (Å²) in [5.74, 6) is -1.06. The van der Waals surface area contributed by atoms with Gasteiger partial charge in [0, 0.05) is 31.4 Å². The van der Waals surface area contributed by atoms with E-state index in [1.54, 1.807) is 24.5 Å². The maximum atomic E-state index is 11.2. The van der Waals surface area contributed by atoms with Gasteiger partial charge in [-0.2, -0.15) is 0 Å². The topological polar surface area (TPSA) is 71.1 Å². The first kappa shape index (κ1) is 12.4. The summed E-state index contributed by atoms with van der Waals surface area (Å²) in [4.78, 5) is 26.2. The molecule has 1 aromatic heterocycles. The van der Waals surface area contributed by atoms with Crippen molar-refractivity contribution in [3.05, 3.63) is 30.1 Å². The van der Waals surface area contributed by atoms with Crippen LogP contribution in [0.5, 0.6) is 0 Å². The van der Waals surface area contributed by atoms with Crippen LogP contribution in [0.2, 0.25) is 0 Å². The summed E-state index contributed by atoms with van der Waals surface area (Å²) < 4.78 is 0. The van der Waals surface area contributed by atoms with Crippen LogP contribution in [0.3, 0.4) is 0 Å². The van der Waals surface area contributed by atoms with Crippen molar-refractivity contribution in [2.45, 2.75) is 6.54 Å². The number of nitrogens with zero attached hydrogens (tertiary/aromatic N) is 1. The van der Waals surface area contributed by atoms with E-state index >= 15 is 0 Å². The Labute approximate surface area is 98.2 Å². The average Bonchev–Trinajstić information content (AvgIpc) is 2.34. The Kier molecular flexibility index (Phi) is 5.28. The molecule has 0 unspecified atom stereocenters. The minimum atomic E-state index is -0.672. The molecule has 6 heteroatoms. The van der Waals surface area contributed by atoms with Crippen LogP contribution in [-0.4, -0.2) is 29.2 Å². The first-order valence-corrected chi connectivity index (χ1v) is 5.28. The third kappa shape index (κ3) is 4.27. The molecular weight excluding hydrogens is 230 g/mol. The second-order valence-corrected chi connectivity index (χ2v) is 3.36. The summed E-state index contributed by atoms with van der Waals surface area (Å²) in [7, 11) is 0. The normalized spacial score (nSPS) is 9.56. The molecular formula is C10H12ClN3O2. The highest BCUT2D eigenvalue weighted by molar-refractivity contribution is 6.35. The molecule has 16 heavy (non-hydrogen) atoms. The molecule has 0 spiro atoms. The van der Waals surface area contributed by atoms with E-state index in [0.717, 1.165) is 5.56 Å². The van der Waals surface area contributed by atoms with Gasteiger partial charge in [0.25, 0.3) is 0 Å². The van der Waals surface area contributed by atoms with Crippen molar-refractivity contribution in [2.24, 2.45) is 0 Å². The Balaban J connectivity index is 2.32. The molecule has 2 N–H and O–H groups in total. The molecule has 0 aliphatic heterocycles. The largest absolute Gasteiger partial charge is 0.347 e. The Hall–Kier alpha value is -1.62. The van der Waals surface area contributed by atoms with Crippen LogP contribution >= 0.6 is 11.6 Å². The van der Waals surface area contributed by atoms with Crippen molar-refractivity contribution in [1.82, 2.24) is 15.6 Å². The predicted molar refractivity (Wildman–Crippen MR) is 59.8 cm³/mol. The number of halogens is 1. The fraction of sp³-hybridized carbons (Fsp3) is 0.300. The molecule has 0 saturated heterocycles. The van der Waals surface area contributed by atoms with Gasteiger partial charge in [0.05, 0.1) is 0 Å². The number of pyridine rings is 1. The maximum absolute atomic E-state index is 11.2. The number of amides is 2. The fourth-order valence-electron chi connectivity index (χ4n) is 1.00. The summed E-state index contributed by atoms with van der Waals surface area (Å²) >= 11 is 5.37. The molecule has 5 nitrogen and oxygen atoms in total. The van der Waals surface area contributed by atoms with E-state index in [1.807, 2.05) is 0 Å². The van der Waals surface area contributed by atoms with E-state index in [2.05, 4.69) is 15.6 Å². The van der Waals surface area contributed by atoms with E-state index in [1.165, 1.54) is 0 Å². The van der Waals surface area contributed by atoms with E-state index in [0.29, 0.717) is 6.54 Å². The van der Waals surface area contributed by atoms with Crippen LogP contribution in [0.25, 0.3) is 0 Å². The van der Waals surface area contributed by atoms with Crippen LogP contribution in [0.4, 0.5) is 0 Å². The number of alkyl halides is 1. The van der Waals surface area contributed by atoms with Gasteiger partial charge in [0.2, 0.25) is 0 Å². The summed E-state index contributed by atoms with van der Waals surface area (Å²) in [5, 5.41) is 4.86. The monoisotopic (exact) mass is 241 g/mol. The number of nitrogens with one attached hydrogen (secondary N) is 2. The second kappa shape index (κ2) is 6.79. The van der Waals surface area contributed by atoms with Crippen LogP contribution in [0.15, 0.2) is 24.5 Å². The lowest BCUT2D eigenvalue weighted by Gasteiger charge is -2.04. The molecule has 0 atom stereocenters. The van der Waals surface area contributed by atoms with Gasteiger partial charge in [0.15, 0.2) is 0 Å². The van der Waals surface area contributed by atoms with Crippen molar-refractivity contribution in [1.29, 1.82) is 0 Å². The number of rotatable bonds is 4. The molecule has 0 radical (unpaired) electrons. The molecule has 2 amide bonds.